The molecule has 0 saturated heterocycles. The average Bonchev–Trinajstić information content (AvgIpc) is 2.34. The Balaban J connectivity index is 2.73. The summed E-state index contributed by atoms with van der Waals surface area (Å²) >= 11 is 0. The number of nitrogens with one attached hydrogen (secondary N) is 1. The third-order valence-electron chi connectivity index (χ3n) is 2.33. The summed E-state index contributed by atoms with van der Waals surface area (Å²) in [5, 5.41) is 14.1. The van der Waals surface area contributed by atoms with E-state index in [0.717, 1.165) is 0 Å². The molecular formula is C11H14F3N3O2. The average molecular weight is 277 g/mol. The second-order valence-corrected chi connectivity index (χ2v) is 3.85. The minimum Gasteiger partial charge on any atom is -0.409 e. The Labute approximate surface area is 107 Å². The zero-order valence-electron chi connectivity index (χ0n) is 10.1. The standard InChI is InChI=1S/C11H14F3N3O2/c1-7(10(15)17-18)6-16-8-4-2-3-5-9(8)19-11(12,13)14/h2-5,7,16,18H,6H2,1H3,(H2,15,17). The van der Waals surface area contributed by atoms with E-state index in [9.17, 15) is 13.2 Å². The van der Waals surface area contributed by atoms with Gasteiger partial charge in [-0.15, -0.1) is 13.2 Å². The molecule has 5 nitrogen and oxygen atoms in total. The van der Waals surface area contributed by atoms with Gasteiger partial charge in [-0.2, -0.15) is 0 Å². The van der Waals surface area contributed by atoms with E-state index < -0.39 is 6.36 Å². The number of ether oxygens (including phenoxy) is 1. The molecule has 8 heteroatoms. The van der Waals surface area contributed by atoms with Crippen LogP contribution in [0.4, 0.5) is 18.9 Å². The van der Waals surface area contributed by atoms with Gasteiger partial charge in [-0.1, -0.05) is 24.2 Å². The molecule has 0 aliphatic rings. The molecule has 19 heavy (non-hydrogen) atoms. The van der Waals surface area contributed by atoms with Gasteiger partial charge in [0.15, 0.2) is 5.75 Å². The molecule has 1 rings (SSSR count). The van der Waals surface area contributed by atoms with Crippen molar-refractivity contribution in [1.29, 1.82) is 0 Å². The Morgan fingerprint density at radius 2 is 2.11 bits per heavy atom. The molecule has 0 radical (unpaired) electrons. The third-order valence-corrected chi connectivity index (χ3v) is 2.33. The molecule has 106 valence electrons. The maximum atomic E-state index is 12.2. The lowest BCUT2D eigenvalue weighted by molar-refractivity contribution is -0.274. The molecule has 1 aromatic rings. The van der Waals surface area contributed by atoms with Crippen molar-refractivity contribution in [1.82, 2.24) is 0 Å². The van der Waals surface area contributed by atoms with Crippen molar-refractivity contribution in [3.63, 3.8) is 0 Å². The number of oxime groups is 1. The van der Waals surface area contributed by atoms with Crippen molar-refractivity contribution >= 4 is 11.5 Å². The highest BCUT2D eigenvalue weighted by Crippen LogP contribution is 2.29. The second-order valence-electron chi connectivity index (χ2n) is 3.85. The summed E-state index contributed by atoms with van der Waals surface area (Å²) in [5.41, 5.74) is 5.55. The van der Waals surface area contributed by atoms with Crippen LogP contribution < -0.4 is 15.8 Å². The molecule has 1 aromatic carbocycles. The first-order valence-corrected chi connectivity index (χ1v) is 5.39. The van der Waals surface area contributed by atoms with Crippen LogP contribution in [0.3, 0.4) is 0 Å². The lowest BCUT2D eigenvalue weighted by Crippen LogP contribution is -2.27. The maximum Gasteiger partial charge on any atom is 0.573 e. The van der Waals surface area contributed by atoms with Gasteiger partial charge in [0.1, 0.15) is 5.84 Å². The number of nitrogens with zero attached hydrogens (tertiary/aromatic N) is 1. The van der Waals surface area contributed by atoms with Crippen LogP contribution in [0.1, 0.15) is 6.92 Å². The fraction of sp³-hybridized carbons (Fsp3) is 0.364. The molecule has 0 amide bonds. The van der Waals surface area contributed by atoms with E-state index >= 15 is 0 Å². The number of hydrogen-bond donors (Lipinski definition) is 3. The Morgan fingerprint density at radius 3 is 2.68 bits per heavy atom. The number of halogens is 3. The van der Waals surface area contributed by atoms with Crippen molar-refractivity contribution in [2.24, 2.45) is 16.8 Å². The van der Waals surface area contributed by atoms with Gasteiger partial charge in [0.05, 0.1) is 5.69 Å². The molecule has 1 atom stereocenters. The first-order valence-electron chi connectivity index (χ1n) is 5.39. The molecule has 0 fully saturated rings. The normalized spacial score (nSPS) is 14.0. The Hall–Kier alpha value is -2.12. The Kier molecular flexibility index (Phi) is 4.85. The van der Waals surface area contributed by atoms with Crippen LogP contribution in [-0.2, 0) is 0 Å². The molecule has 0 aliphatic heterocycles. The molecule has 0 heterocycles. The summed E-state index contributed by atoms with van der Waals surface area (Å²) in [4.78, 5) is 0. The quantitative estimate of drug-likeness (QED) is 0.334. The number of rotatable bonds is 5. The van der Waals surface area contributed by atoms with Crippen LogP contribution in [0.2, 0.25) is 0 Å². The predicted molar refractivity (Wildman–Crippen MR) is 64.2 cm³/mol. The van der Waals surface area contributed by atoms with Crippen LogP contribution in [0.15, 0.2) is 29.4 Å². The Morgan fingerprint density at radius 1 is 1.47 bits per heavy atom. The number of nitrogens with two attached hydrogens (primary N) is 1. The summed E-state index contributed by atoms with van der Waals surface area (Å²) < 4.78 is 40.4. The van der Waals surface area contributed by atoms with Gasteiger partial charge in [0.2, 0.25) is 0 Å². The molecule has 4 N–H and O–H groups in total. The lowest BCUT2D eigenvalue weighted by atomic mass is 10.1. The first kappa shape index (κ1) is 14.9. The number of hydrogen-bond acceptors (Lipinski definition) is 4. The maximum absolute atomic E-state index is 12.2. The highest BCUT2D eigenvalue weighted by molar-refractivity contribution is 5.82. The van der Waals surface area contributed by atoms with Crippen molar-refractivity contribution in [2.45, 2.75) is 13.3 Å². The largest absolute Gasteiger partial charge is 0.573 e. The van der Waals surface area contributed by atoms with Crippen LogP contribution in [0.5, 0.6) is 5.75 Å². The number of para-hydroxylation sites is 2. The zero-order chi connectivity index (χ0) is 14.5. The minimum absolute atomic E-state index is 0.0123. The second kappa shape index (κ2) is 6.17. The zero-order valence-corrected chi connectivity index (χ0v) is 10.1. The third kappa shape index (κ3) is 4.94. The molecule has 1 unspecified atom stereocenters. The molecular weight excluding hydrogens is 263 g/mol. The molecule has 0 bridgehead atoms. The van der Waals surface area contributed by atoms with Crippen molar-refractivity contribution in [3.8, 4) is 5.75 Å². The van der Waals surface area contributed by atoms with E-state index in [2.05, 4.69) is 15.2 Å². The molecule has 0 aromatic heterocycles. The Bertz CT molecular complexity index is 449. The topological polar surface area (TPSA) is 79.9 Å². The summed E-state index contributed by atoms with van der Waals surface area (Å²) in [6, 6.07) is 5.64. The van der Waals surface area contributed by atoms with Gasteiger partial charge in [-0.3, -0.25) is 0 Å². The van der Waals surface area contributed by atoms with Gasteiger partial charge in [0.25, 0.3) is 0 Å². The summed E-state index contributed by atoms with van der Waals surface area (Å²) in [6.07, 6.45) is -4.75. The van der Waals surface area contributed by atoms with Crippen LogP contribution in [-0.4, -0.2) is 23.9 Å². The van der Waals surface area contributed by atoms with Gasteiger partial charge in [-0.25, -0.2) is 0 Å². The van der Waals surface area contributed by atoms with E-state index in [-0.39, 0.29) is 29.7 Å². The first-order chi connectivity index (χ1) is 8.83. The van der Waals surface area contributed by atoms with E-state index in [0.29, 0.717) is 0 Å². The van der Waals surface area contributed by atoms with Crippen molar-refractivity contribution in [3.05, 3.63) is 24.3 Å². The van der Waals surface area contributed by atoms with Crippen molar-refractivity contribution in [2.75, 3.05) is 11.9 Å². The SMILES string of the molecule is CC(CNc1ccccc1OC(F)(F)F)C(N)=NO. The number of amidine groups is 1. The molecule has 0 aliphatic carbocycles. The predicted octanol–water partition coefficient (Wildman–Crippen LogP) is 2.38. The lowest BCUT2D eigenvalue weighted by Gasteiger charge is -2.16. The number of alkyl halides is 3. The summed E-state index contributed by atoms with van der Waals surface area (Å²) in [6.45, 7) is 1.86. The monoisotopic (exact) mass is 277 g/mol. The highest BCUT2D eigenvalue weighted by Gasteiger charge is 2.32. The van der Waals surface area contributed by atoms with Gasteiger partial charge < -0.3 is 21.0 Å². The van der Waals surface area contributed by atoms with E-state index in [4.69, 9.17) is 10.9 Å². The molecule has 0 saturated carbocycles. The number of benzene rings is 1. The van der Waals surface area contributed by atoms with E-state index in [1.54, 1.807) is 13.0 Å². The van der Waals surface area contributed by atoms with Crippen molar-refractivity contribution < 1.29 is 23.1 Å². The van der Waals surface area contributed by atoms with E-state index in [1.807, 2.05) is 0 Å². The van der Waals surface area contributed by atoms with Crippen LogP contribution in [0, 0.1) is 5.92 Å². The minimum atomic E-state index is -4.75. The van der Waals surface area contributed by atoms with Crippen LogP contribution >= 0.6 is 0 Å². The summed E-state index contributed by atoms with van der Waals surface area (Å²) in [7, 11) is 0. The highest BCUT2D eigenvalue weighted by atomic mass is 19.4. The fourth-order valence-corrected chi connectivity index (χ4v) is 1.29. The number of anilines is 1. The van der Waals surface area contributed by atoms with Gasteiger partial charge >= 0.3 is 6.36 Å². The van der Waals surface area contributed by atoms with Gasteiger partial charge in [-0.05, 0) is 12.1 Å². The fourth-order valence-electron chi connectivity index (χ4n) is 1.29. The summed E-state index contributed by atoms with van der Waals surface area (Å²) in [5.74, 6) is -0.688. The van der Waals surface area contributed by atoms with Gasteiger partial charge in [0, 0.05) is 12.5 Å². The molecule has 0 spiro atoms. The van der Waals surface area contributed by atoms with Crippen LogP contribution in [0.25, 0.3) is 0 Å². The smallest absolute Gasteiger partial charge is 0.409 e. The van der Waals surface area contributed by atoms with E-state index in [1.165, 1.54) is 18.2 Å².